The summed E-state index contributed by atoms with van der Waals surface area (Å²) in [5.74, 6) is -0.0875. The van der Waals surface area contributed by atoms with E-state index in [2.05, 4.69) is 17.4 Å². The van der Waals surface area contributed by atoms with Gasteiger partial charge in [-0.3, -0.25) is 9.59 Å². The van der Waals surface area contributed by atoms with Crippen molar-refractivity contribution < 1.29 is 9.59 Å². The van der Waals surface area contributed by atoms with Crippen molar-refractivity contribution in [3.63, 3.8) is 0 Å². The van der Waals surface area contributed by atoms with Crippen LogP contribution in [-0.4, -0.2) is 36.3 Å². The molecule has 0 aliphatic heterocycles. The van der Waals surface area contributed by atoms with Gasteiger partial charge in [0.15, 0.2) is 0 Å². The number of carbonyl (C=O) groups excluding carboxylic acids is 2. The van der Waals surface area contributed by atoms with Gasteiger partial charge in [0, 0.05) is 19.6 Å². The van der Waals surface area contributed by atoms with Crippen LogP contribution < -0.4 is 5.32 Å². The second kappa shape index (κ2) is 7.43. The van der Waals surface area contributed by atoms with Crippen LogP contribution in [0.2, 0.25) is 0 Å². The third-order valence-electron chi connectivity index (χ3n) is 4.42. The van der Waals surface area contributed by atoms with Crippen LogP contribution in [0, 0.1) is 5.41 Å². The van der Waals surface area contributed by atoms with Crippen LogP contribution in [-0.2, 0) is 16.0 Å². The van der Waals surface area contributed by atoms with E-state index >= 15 is 0 Å². The maximum atomic E-state index is 12.5. The Balaban J connectivity index is 1.78. The summed E-state index contributed by atoms with van der Waals surface area (Å²) in [7, 11) is 0. The van der Waals surface area contributed by atoms with Crippen LogP contribution in [0.3, 0.4) is 0 Å². The topological polar surface area (TPSA) is 49.4 Å². The van der Waals surface area contributed by atoms with E-state index in [-0.39, 0.29) is 11.8 Å². The monoisotopic (exact) mass is 302 g/mol. The van der Waals surface area contributed by atoms with E-state index in [0.717, 1.165) is 12.8 Å². The first kappa shape index (κ1) is 16.5. The number of hydrogen-bond donors (Lipinski definition) is 1. The highest BCUT2D eigenvalue weighted by Gasteiger charge is 2.57. The van der Waals surface area contributed by atoms with Crippen LogP contribution in [0.4, 0.5) is 0 Å². The molecule has 4 nitrogen and oxygen atoms in total. The normalized spacial score (nSPS) is 15.2. The molecule has 1 fully saturated rings. The average Bonchev–Trinajstić information content (AvgIpc) is 3.35. The summed E-state index contributed by atoms with van der Waals surface area (Å²) in [5.41, 5.74) is 0.510. The molecule has 0 heterocycles. The molecule has 0 aromatic heterocycles. The van der Waals surface area contributed by atoms with Gasteiger partial charge in [-0.15, -0.1) is 0 Å². The van der Waals surface area contributed by atoms with E-state index in [1.54, 1.807) is 4.90 Å². The summed E-state index contributed by atoms with van der Waals surface area (Å²) in [5, 5.41) is 2.95. The van der Waals surface area contributed by atoms with Gasteiger partial charge in [0.1, 0.15) is 5.41 Å². The molecule has 0 unspecified atom stereocenters. The Morgan fingerprint density at radius 3 is 2.32 bits per heavy atom. The molecular weight excluding hydrogens is 276 g/mol. The quantitative estimate of drug-likeness (QED) is 0.592. The van der Waals surface area contributed by atoms with E-state index < -0.39 is 5.41 Å². The maximum absolute atomic E-state index is 12.5. The van der Waals surface area contributed by atoms with Gasteiger partial charge in [-0.25, -0.2) is 0 Å². The zero-order valence-electron chi connectivity index (χ0n) is 13.6. The minimum atomic E-state index is -0.765. The second-order valence-electron chi connectivity index (χ2n) is 5.90. The fraction of sp³-hybridized carbons (Fsp3) is 0.556. The molecule has 1 N–H and O–H groups in total. The van der Waals surface area contributed by atoms with E-state index in [1.807, 2.05) is 32.0 Å². The first-order valence-corrected chi connectivity index (χ1v) is 8.25. The van der Waals surface area contributed by atoms with Gasteiger partial charge in [-0.1, -0.05) is 30.3 Å². The fourth-order valence-electron chi connectivity index (χ4n) is 2.78. The number of benzene rings is 1. The Morgan fingerprint density at radius 1 is 1.14 bits per heavy atom. The number of rotatable bonds is 8. The molecule has 0 bridgehead atoms. The van der Waals surface area contributed by atoms with E-state index in [9.17, 15) is 9.59 Å². The summed E-state index contributed by atoms with van der Waals surface area (Å²) < 4.78 is 0. The van der Waals surface area contributed by atoms with Gasteiger partial charge in [0.05, 0.1) is 0 Å². The molecular formula is C18H26N2O2. The lowest BCUT2D eigenvalue weighted by Gasteiger charge is -2.24. The highest BCUT2D eigenvalue weighted by Crippen LogP contribution is 2.47. The van der Waals surface area contributed by atoms with Crippen LogP contribution in [0.15, 0.2) is 30.3 Å². The van der Waals surface area contributed by atoms with Crippen molar-refractivity contribution in [1.29, 1.82) is 0 Å². The molecule has 4 heteroatoms. The van der Waals surface area contributed by atoms with Gasteiger partial charge in [0.25, 0.3) is 0 Å². The largest absolute Gasteiger partial charge is 0.355 e. The molecule has 0 spiro atoms. The third-order valence-corrected chi connectivity index (χ3v) is 4.42. The Kier molecular flexibility index (Phi) is 5.58. The van der Waals surface area contributed by atoms with Crippen molar-refractivity contribution in [2.24, 2.45) is 5.41 Å². The molecule has 1 aliphatic rings. The summed E-state index contributed by atoms with van der Waals surface area (Å²) >= 11 is 0. The predicted octanol–water partition coefficient (Wildman–Crippen LogP) is 2.38. The number of aryl methyl sites for hydroxylation is 1. The second-order valence-corrected chi connectivity index (χ2v) is 5.90. The summed E-state index contributed by atoms with van der Waals surface area (Å²) in [4.78, 5) is 26.6. The Labute approximate surface area is 132 Å². The standard InChI is InChI=1S/C18H26N2O2/c1-3-20(4-2)17(22)18(12-13-18)16(21)19-14-8-11-15-9-6-5-7-10-15/h5-7,9-10H,3-4,8,11-14H2,1-2H3,(H,19,21). The smallest absolute Gasteiger partial charge is 0.238 e. The molecule has 0 atom stereocenters. The molecule has 2 rings (SSSR count). The lowest BCUT2D eigenvalue weighted by molar-refractivity contribution is -0.143. The maximum Gasteiger partial charge on any atom is 0.238 e. The number of nitrogens with one attached hydrogen (secondary N) is 1. The SMILES string of the molecule is CCN(CC)C(=O)C1(C(=O)NCCCc2ccccc2)CC1. The lowest BCUT2D eigenvalue weighted by Crippen LogP contribution is -2.45. The minimum Gasteiger partial charge on any atom is -0.355 e. The zero-order chi connectivity index (χ0) is 16.0. The van der Waals surface area contributed by atoms with Crippen molar-refractivity contribution in [3.8, 4) is 0 Å². The fourth-order valence-corrected chi connectivity index (χ4v) is 2.78. The van der Waals surface area contributed by atoms with Gasteiger partial charge in [-0.2, -0.15) is 0 Å². The van der Waals surface area contributed by atoms with Crippen molar-refractivity contribution in [2.75, 3.05) is 19.6 Å². The van der Waals surface area contributed by atoms with Crippen molar-refractivity contribution >= 4 is 11.8 Å². The van der Waals surface area contributed by atoms with E-state index in [1.165, 1.54) is 5.56 Å². The number of nitrogens with zero attached hydrogens (tertiary/aromatic N) is 1. The molecule has 120 valence electrons. The first-order valence-electron chi connectivity index (χ1n) is 8.25. The van der Waals surface area contributed by atoms with E-state index in [4.69, 9.17) is 0 Å². The molecule has 1 aromatic carbocycles. The lowest BCUT2D eigenvalue weighted by atomic mass is 10.0. The Bertz CT molecular complexity index is 505. The van der Waals surface area contributed by atoms with Crippen LogP contribution in [0.25, 0.3) is 0 Å². The zero-order valence-corrected chi connectivity index (χ0v) is 13.6. The average molecular weight is 302 g/mol. The van der Waals surface area contributed by atoms with Gasteiger partial charge in [-0.05, 0) is 45.1 Å². The Hall–Kier alpha value is -1.84. The van der Waals surface area contributed by atoms with Gasteiger partial charge < -0.3 is 10.2 Å². The number of hydrogen-bond acceptors (Lipinski definition) is 2. The van der Waals surface area contributed by atoms with E-state index in [0.29, 0.717) is 32.5 Å². The molecule has 1 aliphatic carbocycles. The van der Waals surface area contributed by atoms with Crippen molar-refractivity contribution in [1.82, 2.24) is 10.2 Å². The van der Waals surface area contributed by atoms with Crippen molar-refractivity contribution in [2.45, 2.75) is 39.5 Å². The molecule has 1 aromatic rings. The Morgan fingerprint density at radius 2 is 1.77 bits per heavy atom. The summed E-state index contributed by atoms with van der Waals surface area (Å²) in [6.07, 6.45) is 3.21. The highest BCUT2D eigenvalue weighted by molar-refractivity contribution is 6.07. The summed E-state index contributed by atoms with van der Waals surface area (Å²) in [6.45, 7) is 5.86. The molecule has 22 heavy (non-hydrogen) atoms. The van der Waals surface area contributed by atoms with Crippen molar-refractivity contribution in [3.05, 3.63) is 35.9 Å². The molecule has 1 saturated carbocycles. The van der Waals surface area contributed by atoms with Gasteiger partial charge in [0.2, 0.25) is 11.8 Å². The highest BCUT2D eigenvalue weighted by atomic mass is 16.2. The minimum absolute atomic E-state index is 0.00180. The van der Waals surface area contributed by atoms with Gasteiger partial charge >= 0.3 is 0 Å². The third kappa shape index (κ3) is 3.67. The molecule has 2 amide bonds. The first-order chi connectivity index (χ1) is 10.6. The van der Waals surface area contributed by atoms with Crippen LogP contribution in [0.5, 0.6) is 0 Å². The van der Waals surface area contributed by atoms with Crippen LogP contribution >= 0.6 is 0 Å². The predicted molar refractivity (Wildman–Crippen MR) is 87.4 cm³/mol. The number of amides is 2. The summed E-state index contributed by atoms with van der Waals surface area (Å²) in [6, 6.07) is 10.2. The van der Waals surface area contributed by atoms with Crippen LogP contribution in [0.1, 0.15) is 38.7 Å². The molecule has 0 saturated heterocycles. The molecule has 0 radical (unpaired) electrons. The number of carbonyl (C=O) groups is 2.